The molecule has 12 nitrogen and oxygen atoms in total. The molecule has 2 fully saturated rings. The topological polar surface area (TPSA) is 134 Å². The second-order valence-electron chi connectivity index (χ2n) is 12.1. The number of piperidine rings is 1. The van der Waals surface area contributed by atoms with E-state index < -0.39 is 32.5 Å². The Morgan fingerprint density at radius 3 is 2.35 bits per heavy atom. The number of anilines is 3. The number of amides is 2. The van der Waals surface area contributed by atoms with Crippen LogP contribution in [-0.4, -0.2) is 104 Å². The van der Waals surface area contributed by atoms with E-state index in [1.165, 1.54) is 0 Å². The van der Waals surface area contributed by atoms with Crippen molar-refractivity contribution in [2.24, 2.45) is 0 Å². The number of likely N-dealkylation sites (N-methyl/N-ethyl adjacent to an activating group) is 1. The second kappa shape index (κ2) is 13.4. The molecule has 4 heterocycles. The lowest BCUT2D eigenvalue weighted by Gasteiger charge is -2.34. The molecule has 0 spiro atoms. The molecular weight excluding hydrogens is 618 g/mol. The third kappa shape index (κ3) is 7.07. The van der Waals surface area contributed by atoms with Gasteiger partial charge in [0.05, 0.1) is 22.7 Å². The van der Waals surface area contributed by atoms with Crippen LogP contribution >= 0.6 is 0 Å². The van der Waals surface area contributed by atoms with Crippen molar-refractivity contribution in [3.63, 3.8) is 0 Å². The Balaban J connectivity index is 1.23. The number of nitrogens with one attached hydrogen (secondary N) is 3. The molecule has 2 amide bonds. The zero-order chi connectivity index (χ0) is 32.4. The van der Waals surface area contributed by atoms with E-state index in [2.05, 4.69) is 42.6 Å². The Hall–Kier alpha value is -3.92. The Kier molecular flexibility index (Phi) is 9.36. The lowest BCUT2D eigenvalue weighted by Crippen LogP contribution is -2.44. The quantitative estimate of drug-likeness (QED) is 0.337. The molecular formula is C31H38F2N8O4S. The molecule has 15 heteroatoms. The smallest absolute Gasteiger partial charge is 0.258 e. The van der Waals surface area contributed by atoms with Crippen molar-refractivity contribution in [3.8, 4) is 0 Å². The number of benzene rings is 2. The van der Waals surface area contributed by atoms with Gasteiger partial charge in [0, 0.05) is 68.7 Å². The van der Waals surface area contributed by atoms with Crippen LogP contribution in [0.1, 0.15) is 40.9 Å². The van der Waals surface area contributed by atoms with Crippen molar-refractivity contribution < 1.29 is 26.8 Å². The number of likely N-dealkylation sites (tertiary alicyclic amines) is 1. The number of hydrogen-bond acceptors (Lipinski definition) is 8. The summed E-state index contributed by atoms with van der Waals surface area (Å²) in [5.41, 5.74) is 2.59. The predicted molar refractivity (Wildman–Crippen MR) is 169 cm³/mol. The van der Waals surface area contributed by atoms with Gasteiger partial charge in [-0.15, -0.1) is 0 Å². The molecule has 0 radical (unpaired) electrons. The first-order valence-corrected chi connectivity index (χ1v) is 16.9. The fraction of sp³-hybridized carbons (Fsp3) is 0.452. The lowest BCUT2D eigenvalue weighted by atomic mass is 10.1. The number of rotatable bonds is 8. The molecule has 3 aliphatic heterocycles. The van der Waals surface area contributed by atoms with Crippen LogP contribution < -0.4 is 15.5 Å². The Morgan fingerprint density at radius 1 is 0.913 bits per heavy atom. The fourth-order valence-corrected chi connectivity index (χ4v) is 7.64. The standard InChI is InChI=1S/C31H38F2N8O4S/c1-38-11-13-40(14-12-38)23-5-6-25(28(18-23)34-29(42)20-39-8-3-2-4-9-39)31(43)35-30-26-19-41(10-7-27(26)36-37-30)46(44,45)24-16-21(32)15-22(33)17-24/h5-6,15-18H,2-4,7-14,19-20H2,1H3,(H,34,42)(H2,35,36,37,43). The molecule has 0 unspecified atom stereocenters. The number of nitrogens with zero attached hydrogens (tertiary/aromatic N) is 5. The number of carbonyl (C=O) groups is 2. The van der Waals surface area contributed by atoms with Gasteiger partial charge in [-0.2, -0.15) is 9.40 Å². The van der Waals surface area contributed by atoms with E-state index in [9.17, 15) is 26.8 Å². The summed E-state index contributed by atoms with van der Waals surface area (Å²) >= 11 is 0. The summed E-state index contributed by atoms with van der Waals surface area (Å²) in [7, 11) is -2.17. The van der Waals surface area contributed by atoms with Gasteiger partial charge in [0.1, 0.15) is 11.6 Å². The SMILES string of the molecule is CN1CCN(c2ccc(C(=O)Nc3n[nH]c4c3CN(S(=O)(=O)c3cc(F)cc(F)c3)CC4)c(NC(=O)CN3CCCCC3)c2)CC1. The highest BCUT2D eigenvalue weighted by molar-refractivity contribution is 7.89. The minimum atomic E-state index is -4.24. The number of H-pyrrole nitrogens is 1. The molecule has 0 bridgehead atoms. The summed E-state index contributed by atoms with van der Waals surface area (Å²) in [6.07, 6.45) is 3.50. The van der Waals surface area contributed by atoms with E-state index in [1.54, 1.807) is 6.07 Å². The van der Waals surface area contributed by atoms with E-state index in [1.807, 2.05) is 12.1 Å². The van der Waals surface area contributed by atoms with Gasteiger partial charge in [-0.1, -0.05) is 6.42 Å². The molecule has 1 aromatic heterocycles. The van der Waals surface area contributed by atoms with Crippen molar-refractivity contribution in [2.75, 3.05) is 74.9 Å². The number of carbonyl (C=O) groups excluding carboxylic acids is 2. The van der Waals surface area contributed by atoms with Gasteiger partial charge in [0.2, 0.25) is 15.9 Å². The number of aromatic nitrogens is 2. The molecule has 246 valence electrons. The van der Waals surface area contributed by atoms with E-state index in [4.69, 9.17) is 0 Å². The average Bonchev–Trinajstić information content (AvgIpc) is 3.43. The van der Waals surface area contributed by atoms with Crippen molar-refractivity contribution >= 4 is 39.0 Å². The van der Waals surface area contributed by atoms with Gasteiger partial charge in [0.25, 0.3) is 5.91 Å². The summed E-state index contributed by atoms with van der Waals surface area (Å²) in [5, 5.41) is 12.9. The van der Waals surface area contributed by atoms with Gasteiger partial charge in [-0.05, 0) is 63.3 Å². The molecule has 3 aliphatic rings. The van der Waals surface area contributed by atoms with Gasteiger partial charge in [0.15, 0.2) is 5.82 Å². The molecule has 0 atom stereocenters. The van der Waals surface area contributed by atoms with E-state index in [0.717, 1.165) is 80.7 Å². The first kappa shape index (κ1) is 32.0. The van der Waals surface area contributed by atoms with Crippen LogP contribution in [0.4, 0.5) is 26.0 Å². The molecule has 3 aromatic rings. The average molecular weight is 657 g/mol. The first-order chi connectivity index (χ1) is 22.1. The maximum atomic E-state index is 13.8. The van der Waals surface area contributed by atoms with Gasteiger partial charge in [-0.3, -0.25) is 19.6 Å². The highest BCUT2D eigenvalue weighted by Gasteiger charge is 2.32. The van der Waals surface area contributed by atoms with Crippen LogP contribution in [0.2, 0.25) is 0 Å². The summed E-state index contributed by atoms with van der Waals surface area (Å²) in [4.78, 5) is 33.0. The molecule has 0 saturated carbocycles. The summed E-state index contributed by atoms with van der Waals surface area (Å²) < 4.78 is 55.3. The Bertz CT molecular complexity index is 1700. The van der Waals surface area contributed by atoms with E-state index in [0.29, 0.717) is 23.0 Å². The third-order valence-corrected chi connectivity index (χ3v) is 10.6. The highest BCUT2D eigenvalue weighted by atomic mass is 32.2. The minimum absolute atomic E-state index is 0.0595. The van der Waals surface area contributed by atoms with Gasteiger partial charge in [-0.25, -0.2) is 17.2 Å². The van der Waals surface area contributed by atoms with E-state index in [-0.39, 0.29) is 43.3 Å². The lowest BCUT2D eigenvalue weighted by molar-refractivity contribution is -0.117. The van der Waals surface area contributed by atoms with Crippen molar-refractivity contribution in [2.45, 2.75) is 37.1 Å². The zero-order valence-electron chi connectivity index (χ0n) is 25.7. The normalized spacial score (nSPS) is 18.3. The van der Waals surface area contributed by atoms with Crippen LogP contribution in [-0.2, 0) is 27.8 Å². The monoisotopic (exact) mass is 656 g/mol. The predicted octanol–water partition coefficient (Wildman–Crippen LogP) is 2.86. The molecule has 46 heavy (non-hydrogen) atoms. The second-order valence-corrected chi connectivity index (χ2v) is 14.0. The minimum Gasteiger partial charge on any atom is -0.369 e. The van der Waals surface area contributed by atoms with Gasteiger partial charge >= 0.3 is 0 Å². The van der Waals surface area contributed by atoms with Crippen molar-refractivity contribution in [1.82, 2.24) is 24.3 Å². The number of sulfonamides is 1. The molecule has 2 saturated heterocycles. The van der Waals surface area contributed by atoms with Crippen LogP contribution in [0.15, 0.2) is 41.3 Å². The molecule has 2 aromatic carbocycles. The van der Waals surface area contributed by atoms with Crippen LogP contribution in [0.5, 0.6) is 0 Å². The van der Waals surface area contributed by atoms with Crippen molar-refractivity contribution in [1.29, 1.82) is 0 Å². The maximum Gasteiger partial charge on any atom is 0.258 e. The Morgan fingerprint density at radius 2 is 1.63 bits per heavy atom. The van der Waals surface area contributed by atoms with Gasteiger partial charge < -0.3 is 20.4 Å². The summed E-state index contributed by atoms with van der Waals surface area (Å²) in [5.74, 6) is -2.59. The van der Waals surface area contributed by atoms with E-state index >= 15 is 0 Å². The highest BCUT2D eigenvalue weighted by Crippen LogP contribution is 2.31. The molecule has 3 N–H and O–H groups in total. The first-order valence-electron chi connectivity index (χ1n) is 15.5. The Labute approximate surface area is 266 Å². The summed E-state index contributed by atoms with van der Waals surface area (Å²) in [6, 6.07) is 7.51. The maximum absolute atomic E-state index is 13.8. The molecule has 0 aliphatic carbocycles. The fourth-order valence-electron chi connectivity index (χ4n) is 6.19. The zero-order valence-corrected chi connectivity index (χ0v) is 26.5. The van der Waals surface area contributed by atoms with Crippen molar-refractivity contribution in [3.05, 3.63) is 64.9 Å². The number of fused-ring (bicyclic) bond motifs is 1. The number of aromatic amines is 1. The third-order valence-electron chi connectivity index (χ3n) is 8.81. The molecule has 6 rings (SSSR count). The largest absolute Gasteiger partial charge is 0.369 e. The van der Waals surface area contributed by atoms with Crippen LogP contribution in [0.3, 0.4) is 0 Å². The number of hydrogen-bond donors (Lipinski definition) is 3. The number of piperazine rings is 1. The summed E-state index contributed by atoms with van der Waals surface area (Å²) in [6.45, 7) is 5.24. The van der Waals surface area contributed by atoms with Crippen LogP contribution in [0.25, 0.3) is 0 Å². The number of halogens is 2. The van der Waals surface area contributed by atoms with Crippen LogP contribution in [0, 0.1) is 11.6 Å².